The molecule has 0 saturated carbocycles. The van der Waals surface area contributed by atoms with Crippen LogP contribution in [-0.2, 0) is 14.3 Å². The maximum atomic E-state index is 11.8. The van der Waals surface area contributed by atoms with Crippen LogP contribution in [0.3, 0.4) is 0 Å². The molecule has 0 unspecified atom stereocenters. The number of nitrogens with one attached hydrogen (secondary N) is 1. The van der Waals surface area contributed by atoms with Crippen molar-refractivity contribution in [1.82, 2.24) is 4.98 Å². The number of carbonyl (C=O) groups is 3. The number of ether oxygens (including phenoxy) is 2. The largest absolute Gasteiger partial charge is 0.465 e. The molecule has 124 valence electrons. The Morgan fingerprint density at radius 2 is 1.79 bits per heavy atom. The highest BCUT2D eigenvalue weighted by Gasteiger charge is 2.11. The summed E-state index contributed by atoms with van der Waals surface area (Å²) in [5.41, 5.74) is 1.01. The third kappa shape index (κ3) is 4.79. The van der Waals surface area contributed by atoms with Gasteiger partial charge in [-0.2, -0.15) is 0 Å². The van der Waals surface area contributed by atoms with Gasteiger partial charge in [0.25, 0.3) is 5.91 Å². The number of aromatic nitrogens is 1. The quantitative estimate of drug-likeness (QED) is 0.658. The first-order valence-corrected chi connectivity index (χ1v) is 7.14. The van der Waals surface area contributed by atoms with Crippen molar-refractivity contribution in [2.45, 2.75) is 0 Å². The predicted molar refractivity (Wildman–Crippen MR) is 85.9 cm³/mol. The number of esters is 2. The molecule has 2 rings (SSSR count). The Bertz CT molecular complexity index is 761. The molecule has 1 heterocycles. The van der Waals surface area contributed by atoms with Crippen LogP contribution in [0.4, 0.5) is 5.69 Å². The third-order valence-electron chi connectivity index (χ3n) is 2.89. The van der Waals surface area contributed by atoms with E-state index in [0.29, 0.717) is 11.3 Å². The normalized spacial score (nSPS) is 9.92. The van der Waals surface area contributed by atoms with Crippen molar-refractivity contribution in [3.63, 3.8) is 0 Å². The Morgan fingerprint density at radius 1 is 1.08 bits per heavy atom. The van der Waals surface area contributed by atoms with Crippen LogP contribution < -0.4 is 5.32 Å². The maximum absolute atomic E-state index is 11.8. The zero-order chi connectivity index (χ0) is 17.5. The fourth-order valence-electron chi connectivity index (χ4n) is 1.75. The number of benzene rings is 1. The van der Waals surface area contributed by atoms with Gasteiger partial charge in [-0.1, -0.05) is 11.6 Å². The minimum absolute atomic E-state index is 0.152. The van der Waals surface area contributed by atoms with Crippen molar-refractivity contribution in [3.8, 4) is 0 Å². The summed E-state index contributed by atoms with van der Waals surface area (Å²) in [6, 6.07) is 8.85. The number of rotatable bonds is 5. The number of amides is 1. The van der Waals surface area contributed by atoms with E-state index in [4.69, 9.17) is 16.3 Å². The van der Waals surface area contributed by atoms with Gasteiger partial charge in [0.05, 0.1) is 18.2 Å². The molecule has 0 radical (unpaired) electrons. The van der Waals surface area contributed by atoms with Gasteiger partial charge in [-0.05, 0) is 36.4 Å². The highest BCUT2D eigenvalue weighted by atomic mass is 35.5. The zero-order valence-electron chi connectivity index (χ0n) is 12.6. The van der Waals surface area contributed by atoms with Gasteiger partial charge in [0.1, 0.15) is 5.15 Å². The first kappa shape index (κ1) is 17.4. The number of hydrogen-bond acceptors (Lipinski definition) is 6. The summed E-state index contributed by atoms with van der Waals surface area (Å²) in [4.78, 5) is 38.6. The number of anilines is 1. The molecule has 7 nitrogen and oxygen atoms in total. The van der Waals surface area contributed by atoms with E-state index in [1.165, 1.54) is 49.7 Å². The lowest BCUT2D eigenvalue weighted by Gasteiger charge is -2.07. The van der Waals surface area contributed by atoms with Crippen LogP contribution in [0.1, 0.15) is 20.7 Å². The lowest BCUT2D eigenvalue weighted by molar-refractivity contribution is -0.119. The molecule has 0 aliphatic carbocycles. The summed E-state index contributed by atoms with van der Waals surface area (Å²) in [5, 5.41) is 2.69. The van der Waals surface area contributed by atoms with E-state index >= 15 is 0 Å². The second-order valence-electron chi connectivity index (χ2n) is 4.56. The molecule has 0 fully saturated rings. The molecule has 24 heavy (non-hydrogen) atoms. The summed E-state index contributed by atoms with van der Waals surface area (Å²) in [6.07, 6.45) is 1.36. The predicted octanol–water partition coefficient (Wildman–Crippen LogP) is 2.32. The Morgan fingerprint density at radius 3 is 2.42 bits per heavy atom. The van der Waals surface area contributed by atoms with Crippen LogP contribution in [0.5, 0.6) is 0 Å². The monoisotopic (exact) mass is 348 g/mol. The third-order valence-corrected chi connectivity index (χ3v) is 3.09. The fourth-order valence-corrected chi connectivity index (χ4v) is 1.92. The lowest BCUT2D eigenvalue weighted by Crippen LogP contribution is -2.21. The van der Waals surface area contributed by atoms with Crippen molar-refractivity contribution in [2.24, 2.45) is 0 Å². The van der Waals surface area contributed by atoms with Crippen LogP contribution in [-0.4, -0.2) is 36.5 Å². The van der Waals surface area contributed by atoms with Crippen molar-refractivity contribution in [1.29, 1.82) is 0 Å². The minimum atomic E-state index is -0.685. The van der Waals surface area contributed by atoms with Gasteiger partial charge in [-0.15, -0.1) is 0 Å². The smallest absolute Gasteiger partial charge is 0.338 e. The number of carbonyl (C=O) groups excluding carboxylic acids is 3. The summed E-state index contributed by atoms with van der Waals surface area (Å²) in [7, 11) is 1.28. The van der Waals surface area contributed by atoms with Gasteiger partial charge < -0.3 is 14.8 Å². The van der Waals surface area contributed by atoms with E-state index in [-0.39, 0.29) is 10.7 Å². The minimum Gasteiger partial charge on any atom is -0.465 e. The van der Waals surface area contributed by atoms with E-state index in [2.05, 4.69) is 15.0 Å². The number of methoxy groups -OCH3 is 1. The van der Waals surface area contributed by atoms with Crippen molar-refractivity contribution >= 4 is 35.1 Å². The van der Waals surface area contributed by atoms with Gasteiger partial charge in [-0.25, -0.2) is 14.6 Å². The van der Waals surface area contributed by atoms with E-state index in [1.807, 2.05) is 0 Å². The first-order chi connectivity index (χ1) is 11.5. The topological polar surface area (TPSA) is 94.6 Å². The molecule has 1 aromatic carbocycles. The number of nitrogens with zero attached hydrogens (tertiary/aromatic N) is 1. The Labute approximate surface area is 142 Å². The number of hydrogen-bond donors (Lipinski definition) is 1. The van der Waals surface area contributed by atoms with Crippen molar-refractivity contribution in [2.75, 3.05) is 19.0 Å². The summed E-state index contributed by atoms with van der Waals surface area (Å²) in [6.45, 7) is -0.461. The second-order valence-corrected chi connectivity index (χ2v) is 4.95. The van der Waals surface area contributed by atoms with Gasteiger partial charge >= 0.3 is 11.9 Å². The van der Waals surface area contributed by atoms with Crippen LogP contribution >= 0.6 is 11.6 Å². The molecule has 8 heteroatoms. The van der Waals surface area contributed by atoms with Crippen molar-refractivity contribution < 1.29 is 23.9 Å². The molecule has 0 atom stereocenters. The highest BCUT2D eigenvalue weighted by Crippen LogP contribution is 2.11. The molecule has 2 aromatic rings. The summed E-state index contributed by atoms with van der Waals surface area (Å²) >= 11 is 5.67. The molecular formula is C16H13ClN2O5. The van der Waals surface area contributed by atoms with E-state index in [0.717, 1.165) is 0 Å². The zero-order valence-corrected chi connectivity index (χ0v) is 13.4. The highest BCUT2D eigenvalue weighted by molar-refractivity contribution is 6.29. The van der Waals surface area contributed by atoms with Gasteiger partial charge in [-0.3, -0.25) is 4.79 Å². The van der Waals surface area contributed by atoms with Crippen LogP contribution in [0, 0.1) is 0 Å². The maximum Gasteiger partial charge on any atom is 0.338 e. The molecule has 1 amide bonds. The second kappa shape index (κ2) is 8.07. The summed E-state index contributed by atoms with van der Waals surface area (Å²) < 4.78 is 9.46. The first-order valence-electron chi connectivity index (χ1n) is 6.76. The van der Waals surface area contributed by atoms with Gasteiger partial charge in [0.15, 0.2) is 6.61 Å². The van der Waals surface area contributed by atoms with E-state index in [1.54, 1.807) is 0 Å². The van der Waals surface area contributed by atoms with Crippen LogP contribution in [0.2, 0.25) is 5.15 Å². The average molecular weight is 349 g/mol. The summed E-state index contributed by atoms with van der Waals surface area (Å²) in [5.74, 6) is -1.68. The molecule has 1 aromatic heterocycles. The molecule has 0 saturated heterocycles. The SMILES string of the molecule is COC(=O)c1ccc(NC(=O)COC(=O)c2ccnc(Cl)c2)cc1. The number of halogens is 1. The average Bonchev–Trinajstić information content (AvgIpc) is 2.59. The molecule has 0 aliphatic rings. The Balaban J connectivity index is 1.87. The Hall–Kier alpha value is -2.93. The van der Waals surface area contributed by atoms with Crippen LogP contribution in [0.25, 0.3) is 0 Å². The van der Waals surface area contributed by atoms with Crippen molar-refractivity contribution in [3.05, 3.63) is 58.9 Å². The van der Waals surface area contributed by atoms with E-state index < -0.39 is 24.5 Å². The van der Waals surface area contributed by atoms with E-state index in [9.17, 15) is 14.4 Å². The molecule has 0 spiro atoms. The van der Waals surface area contributed by atoms with Gasteiger partial charge in [0.2, 0.25) is 0 Å². The lowest BCUT2D eigenvalue weighted by atomic mass is 10.2. The molecule has 1 N–H and O–H groups in total. The standard InChI is InChI=1S/C16H13ClN2O5/c1-23-15(21)10-2-4-12(5-3-10)19-14(20)9-24-16(22)11-6-7-18-13(17)8-11/h2-8H,9H2,1H3,(H,19,20). The fraction of sp³-hybridized carbons (Fsp3) is 0.125. The van der Waals surface area contributed by atoms with Crippen LogP contribution in [0.15, 0.2) is 42.6 Å². The number of pyridine rings is 1. The molecule has 0 bridgehead atoms. The molecule has 0 aliphatic heterocycles. The van der Waals surface area contributed by atoms with Gasteiger partial charge in [0, 0.05) is 11.9 Å². The molecular weight excluding hydrogens is 336 g/mol. The Kier molecular flexibility index (Phi) is 5.86.